The first-order chi connectivity index (χ1) is 14.7. The van der Waals surface area contributed by atoms with Crippen LogP contribution in [0.1, 0.15) is 6.92 Å². The number of amides is 3. The lowest BCUT2D eigenvalue weighted by atomic mass is 10.2. The van der Waals surface area contributed by atoms with E-state index in [4.69, 9.17) is 9.84 Å². The molecule has 2 aliphatic heterocycles. The lowest BCUT2D eigenvalue weighted by Crippen LogP contribution is -2.48. The van der Waals surface area contributed by atoms with Crippen molar-refractivity contribution in [2.45, 2.75) is 13.0 Å². The zero-order valence-corrected chi connectivity index (χ0v) is 16.9. The van der Waals surface area contributed by atoms with Gasteiger partial charge in [0, 0.05) is 45.3 Å². The van der Waals surface area contributed by atoms with Gasteiger partial charge in [0.1, 0.15) is 11.9 Å². The topological polar surface area (TPSA) is 119 Å². The molecule has 2 heterocycles. The van der Waals surface area contributed by atoms with E-state index in [1.165, 1.54) is 22.8 Å². The van der Waals surface area contributed by atoms with Gasteiger partial charge in [-0.3, -0.25) is 14.5 Å². The lowest BCUT2D eigenvalue weighted by molar-refractivity contribution is -0.132. The minimum Gasteiger partial charge on any atom is -0.478 e. The quantitative estimate of drug-likeness (QED) is 0.629. The Bertz CT molecular complexity index is 913. The van der Waals surface area contributed by atoms with Gasteiger partial charge in [-0.15, -0.1) is 0 Å². The molecule has 1 aromatic rings. The van der Waals surface area contributed by atoms with E-state index in [1.54, 1.807) is 17.0 Å². The third-order valence-electron chi connectivity index (χ3n) is 5.00. The van der Waals surface area contributed by atoms with Gasteiger partial charge in [-0.1, -0.05) is 0 Å². The molecule has 0 aliphatic carbocycles. The second-order valence-electron chi connectivity index (χ2n) is 7.17. The Balaban J connectivity index is 1.60. The van der Waals surface area contributed by atoms with Crippen LogP contribution >= 0.6 is 0 Å². The van der Waals surface area contributed by atoms with Crippen LogP contribution in [-0.4, -0.2) is 79.3 Å². The number of benzene rings is 1. The Kier molecular flexibility index (Phi) is 6.73. The molecule has 2 saturated heterocycles. The number of carboxylic acid groups (broad SMARTS) is 1. The zero-order valence-electron chi connectivity index (χ0n) is 16.9. The monoisotopic (exact) mass is 434 g/mol. The van der Waals surface area contributed by atoms with Crippen LogP contribution in [0.4, 0.5) is 20.6 Å². The molecule has 0 unspecified atom stereocenters. The highest BCUT2D eigenvalue weighted by atomic mass is 19.1. The highest BCUT2D eigenvalue weighted by Crippen LogP contribution is 2.28. The molecule has 3 amide bonds. The number of nitrogens with zero attached hydrogens (tertiary/aromatic N) is 3. The summed E-state index contributed by atoms with van der Waals surface area (Å²) < 4.78 is 20.0. The second kappa shape index (κ2) is 9.45. The van der Waals surface area contributed by atoms with Crippen LogP contribution in [0.5, 0.6) is 0 Å². The smallest absolute Gasteiger partial charge is 0.414 e. The molecule has 2 N–H and O–H groups in total. The third kappa shape index (κ3) is 5.50. The summed E-state index contributed by atoms with van der Waals surface area (Å²) >= 11 is 0. The van der Waals surface area contributed by atoms with E-state index in [9.17, 15) is 23.6 Å². The number of carbonyl (C=O) groups excluding carboxylic acids is 3. The molecule has 31 heavy (non-hydrogen) atoms. The van der Waals surface area contributed by atoms with E-state index in [2.05, 4.69) is 5.32 Å². The molecule has 2 fully saturated rings. The van der Waals surface area contributed by atoms with Gasteiger partial charge in [0.25, 0.3) is 0 Å². The molecule has 1 aromatic carbocycles. The number of hydrogen-bond acceptors (Lipinski definition) is 6. The summed E-state index contributed by atoms with van der Waals surface area (Å²) in [7, 11) is 0. The van der Waals surface area contributed by atoms with Crippen molar-refractivity contribution in [3.05, 3.63) is 36.2 Å². The maximum absolute atomic E-state index is 14.8. The Morgan fingerprint density at radius 2 is 1.94 bits per heavy atom. The number of nitrogens with one attached hydrogen (secondary N) is 1. The van der Waals surface area contributed by atoms with Gasteiger partial charge in [-0.05, 0) is 18.2 Å². The van der Waals surface area contributed by atoms with Crippen LogP contribution < -0.4 is 15.1 Å². The predicted octanol–water partition coefficient (Wildman–Crippen LogP) is 0.576. The molecule has 10 nitrogen and oxygen atoms in total. The Morgan fingerprint density at radius 3 is 2.55 bits per heavy atom. The fraction of sp³-hybridized carbons (Fsp3) is 0.400. The van der Waals surface area contributed by atoms with Crippen LogP contribution in [0.15, 0.2) is 30.4 Å². The molecule has 0 radical (unpaired) electrons. The SMILES string of the molecule is CC(=O)NC[C@H]1CN(c2ccc(N3CCN(C(=O)/C=C/C(=O)O)CC3)c(F)c2)C(=O)O1. The Labute approximate surface area is 177 Å². The van der Waals surface area contributed by atoms with Gasteiger partial charge in [-0.2, -0.15) is 0 Å². The lowest BCUT2D eigenvalue weighted by Gasteiger charge is -2.36. The van der Waals surface area contributed by atoms with E-state index in [0.29, 0.717) is 37.6 Å². The van der Waals surface area contributed by atoms with Crippen molar-refractivity contribution in [2.24, 2.45) is 0 Å². The molecule has 0 saturated carbocycles. The van der Waals surface area contributed by atoms with Crippen molar-refractivity contribution >= 4 is 35.3 Å². The summed E-state index contributed by atoms with van der Waals surface area (Å²) in [6.07, 6.45) is 0.669. The number of carboxylic acids is 1. The van der Waals surface area contributed by atoms with Crippen molar-refractivity contribution < 1.29 is 33.4 Å². The fourth-order valence-electron chi connectivity index (χ4n) is 3.43. The number of cyclic esters (lactones) is 1. The molecular formula is C20H23FN4O6. The van der Waals surface area contributed by atoms with Gasteiger partial charge in [-0.25, -0.2) is 14.0 Å². The minimum atomic E-state index is -1.20. The molecule has 166 valence electrons. The highest BCUT2D eigenvalue weighted by molar-refractivity contribution is 5.94. The molecule has 0 bridgehead atoms. The number of rotatable bonds is 6. The summed E-state index contributed by atoms with van der Waals surface area (Å²) in [4.78, 5) is 50.2. The number of anilines is 2. The van der Waals surface area contributed by atoms with Crippen molar-refractivity contribution in [2.75, 3.05) is 49.1 Å². The molecule has 2 aliphatic rings. The van der Waals surface area contributed by atoms with Crippen molar-refractivity contribution in [3.8, 4) is 0 Å². The Morgan fingerprint density at radius 1 is 1.23 bits per heavy atom. The first-order valence-corrected chi connectivity index (χ1v) is 9.71. The summed E-state index contributed by atoms with van der Waals surface area (Å²) in [5.41, 5.74) is 0.698. The average Bonchev–Trinajstić information content (AvgIpc) is 3.11. The van der Waals surface area contributed by atoms with Gasteiger partial charge in [0.2, 0.25) is 11.8 Å². The predicted molar refractivity (Wildman–Crippen MR) is 108 cm³/mol. The zero-order chi connectivity index (χ0) is 22.5. The van der Waals surface area contributed by atoms with E-state index >= 15 is 0 Å². The first kappa shape index (κ1) is 22.1. The highest BCUT2D eigenvalue weighted by Gasteiger charge is 2.33. The number of carbonyl (C=O) groups is 4. The van der Waals surface area contributed by atoms with E-state index in [0.717, 1.165) is 12.2 Å². The minimum absolute atomic E-state index is 0.183. The Hall–Kier alpha value is -3.63. The number of hydrogen-bond donors (Lipinski definition) is 2. The van der Waals surface area contributed by atoms with Gasteiger partial charge in [0.15, 0.2) is 0 Å². The summed E-state index contributed by atoms with van der Waals surface area (Å²) in [5, 5.41) is 11.2. The van der Waals surface area contributed by atoms with Crippen LogP contribution in [0, 0.1) is 5.82 Å². The molecule has 11 heteroatoms. The number of halogens is 1. The van der Waals surface area contributed by atoms with Crippen molar-refractivity contribution in [1.29, 1.82) is 0 Å². The molecule has 1 atom stereocenters. The number of ether oxygens (including phenoxy) is 1. The van der Waals surface area contributed by atoms with E-state index < -0.39 is 29.9 Å². The normalized spacial score (nSPS) is 19.0. The summed E-state index contributed by atoms with van der Waals surface area (Å²) in [5.74, 6) is -2.34. The maximum atomic E-state index is 14.8. The first-order valence-electron chi connectivity index (χ1n) is 9.71. The van der Waals surface area contributed by atoms with Crippen LogP contribution in [0.2, 0.25) is 0 Å². The van der Waals surface area contributed by atoms with Crippen LogP contribution in [0.3, 0.4) is 0 Å². The number of aliphatic carboxylic acids is 1. The maximum Gasteiger partial charge on any atom is 0.414 e. The van der Waals surface area contributed by atoms with Gasteiger partial charge >= 0.3 is 12.1 Å². The van der Waals surface area contributed by atoms with E-state index in [1.807, 2.05) is 0 Å². The fourth-order valence-corrected chi connectivity index (χ4v) is 3.43. The molecular weight excluding hydrogens is 411 g/mol. The van der Waals surface area contributed by atoms with Crippen LogP contribution in [0.25, 0.3) is 0 Å². The summed E-state index contributed by atoms with van der Waals surface area (Å²) in [6, 6.07) is 4.44. The van der Waals surface area contributed by atoms with Crippen molar-refractivity contribution in [1.82, 2.24) is 10.2 Å². The molecule has 3 rings (SSSR count). The van der Waals surface area contributed by atoms with Gasteiger partial charge in [0.05, 0.1) is 24.5 Å². The van der Waals surface area contributed by atoms with Crippen LogP contribution in [-0.2, 0) is 19.1 Å². The summed E-state index contributed by atoms with van der Waals surface area (Å²) in [6.45, 7) is 3.16. The largest absolute Gasteiger partial charge is 0.478 e. The molecule has 0 aromatic heterocycles. The van der Waals surface area contributed by atoms with E-state index in [-0.39, 0.29) is 19.0 Å². The second-order valence-corrected chi connectivity index (χ2v) is 7.17. The molecule has 0 spiro atoms. The number of piperazine rings is 1. The standard InChI is InChI=1S/C20H23FN4O6/c1-13(26)22-11-15-12-25(20(30)31-15)14-2-3-17(16(21)10-14)23-6-8-24(9-7-23)18(27)4-5-19(28)29/h2-5,10,15H,6-9,11-12H2,1H3,(H,22,26)(H,28,29)/b5-4+/t15-/m0/s1. The van der Waals surface area contributed by atoms with Gasteiger partial charge < -0.3 is 25.0 Å². The third-order valence-corrected chi connectivity index (χ3v) is 5.00. The average molecular weight is 434 g/mol. The van der Waals surface area contributed by atoms with Crippen molar-refractivity contribution in [3.63, 3.8) is 0 Å².